The van der Waals surface area contributed by atoms with Crippen LogP contribution in [0.4, 0.5) is 36.6 Å². The van der Waals surface area contributed by atoms with E-state index in [0.29, 0.717) is 11.8 Å². The number of hydrogen-bond acceptors (Lipinski definition) is 3. The number of halogens is 7. The van der Waals surface area contributed by atoms with Gasteiger partial charge in [-0.15, -0.1) is 0 Å². The van der Waals surface area contributed by atoms with Gasteiger partial charge in [0.2, 0.25) is 0 Å². The zero-order valence-electron chi connectivity index (χ0n) is 19.8. The van der Waals surface area contributed by atoms with Gasteiger partial charge in [0.1, 0.15) is 11.6 Å². The lowest BCUT2D eigenvalue weighted by Gasteiger charge is -2.15. The fourth-order valence-electron chi connectivity index (χ4n) is 4.06. The Kier molecular flexibility index (Phi) is 6.16. The first-order chi connectivity index (χ1) is 18.3. The van der Waals surface area contributed by atoms with Crippen LogP contribution in [0.1, 0.15) is 21.5 Å². The third-order valence-electron chi connectivity index (χ3n) is 5.88. The molecule has 3 aromatic carbocycles. The highest BCUT2D eigenvalue weighted by atomic mass is 19.4. The molecule has 0 fully saturated rings. The number of rotatable bonds is 4. The summed E-state index contributed by atoms with van der Waals surface area (Å²) in [6.07, 6.45) is -8.29. The van der Waals surface area contributed by atoms with Gasteiger partial charge in [-0.2, -0.15) is 36.5 Å². The van der Waals surface area contributed by atoms with Crippen molar-refractivity contribution in [1.82, 2.24) is 19.6 Å². The second kappa shape index (κ2) is 9.26. The topological polar surface area (TPSA) is 64.7 Å². The minimum atomic E-state index is -4.96. The fraction of sp³-hybridized carbons (Fsp3) is 0.115. The molecule has 0 saturated carbocycles. The number of benzene rings is 3. The van der Waals surface area contributed by atoms with Crippen molar-refractivity contribution < 1.29 is 35.5 Å². The molecule has 6 nitrogen and oxygen atoms in total. The lowest BCUT2D eigenvalue weighted by Crippen LogP contribution is -2.18. The molecule has 5 rings (SSSR count). The number of fused-ring (bicyclic) bond motifs is 1. The molecular formula is C26H16F7N5O. The van der Waals surface area contributed by atoms with E-state index in [-0.39, 0.29) is 28.5 Å². The second-order valence-electron chi connectivity index (χ2n) is 8.53. The molecule has 0 bridgehead atoms. The molecule has 13 heteroatoms. The van der Waals surface area contributed by atoms with Crippen LogP contribution in [0, 0.1) is 5.82 Å². The number of alkyl halides is 6. The molecule has 5 aromatic rings. The van der Waals surface area contributed by atoms with E-state index >= 15 is 0 Å². The molecule has 1 N–H and O–H groups in total. The molecule has 0 unspecified atom stereocenters. The van der Waals surface area contributed by atoms with Crippen LogP contribution in [-0.2, 0) is 19.4 Å². The summed E-state index contributed by atoms with van der Waals surface area (Å²) in [4.78, 5) is 13.3. The first-order valence-corrected chi connectivity index (χ1v) is 11.2. The number of para-hydroxylation sites is 1. The zero-order chi connectivity index (χ0) is 28.1. The Morgan fingerprint density at radius 3 is 2.21 bits per heavy atom. The lowest BCUT2D eigenvalue weighted by molar-refractivity contribution is -0.138. The van der Waals surface area contributed by atoms with Crippen molar-refractivity contribution >= 4 is 22.6 Å². The maximum atomic E-state index is 15.0. The van der Waals surface area contributed by atoms with E-state index in [1.165, 1.54) is 24.0 Å². The standard InChI is InChI=1S/C26H16F7N5O/c1-37-10-9-22(35-37)16-12-17(20(27)13-19(16)26(31,32)33)24(39)34-23-18-11-14(25(28,29)30)7-8-21(18)36-38(23)15-5-3-2-4-6-15/h2-13H,1H3,(H,34,39). The van der Waals surface area contributed by atoms with E-state index < -0.39 is 46.3 Å². The highest BCUT2D eigenvalue weighted by Crippen LogP contribution is 2.39. The maximum Gasteiger partial charge on any atom is 0.417 e. The summed E-state index contributed by atoms with van der Waals surface area (Å²) in [5.74, 6) is -2.91. The average molecular weight is 547 g/mol. The summed E-state index contributed by atoms with van der Waals surface area (Å²) in [5.41, 5.74) is -3.39. The largest absolute Gasteiger partial charge is 0.417 e. The summed E-state index contributed by atoms with van der Waals surface area (Å²) in [6.45, 7) is 0. The Labute approximate surface area is 215 Å². The summed E-state index contributed by atoms with van der Waals surface area (Å²) in [6, 6.07) is 13.0. The summed E-state index contributed by atoms with van der Waals surface area (Å²) < 4.78 is 98.8. The van der Waals surface area contributed by atoms with Crippen LogP contribution in [0.25, 0.3) is 27.8 Å². The number of amides is 1. The van der Waals surface area contributed by atoms with Gasteiger partial charge in [-0.25, -0.2) is 9.07 Å². The van der Waals surface area contributed by atoms with Gasteiger partial charge in [0.05, 0.1) is 33.6 Å². The predicted molar refractivity (Wildman–Crippen MR) is 128 cm³/mol. The Morgan fingerprint density at radius 1 is 0.872 bits per heavy atom. The SMILES string of the molecule is Cn1ccc(-c2cc(C(=O)Nc3c4cc(C(F)(F)F)ccc4nn3-c3ccccc3)c(F)cc2C(F)(F)F)n1. The molecule has 2 aromatic heterocycles. The number of aromatic nitrogens is 4. The molecule has 0 atom stereocenters. The molecule has 0 aliphatic heterocycles. The molecule has 0 aliphatic carbocycles. The molecular weight excluding hydrogens is 531 g/mol. The molecule has 0 spiro atoms. The van der Waals surface area contributed by atoms with Crippen molar-refractivity contribution in [2.45, 2.75) is 12.4 Å². The van der Waals surface area contributed by atoms with Crippen LogP contribution < -0.4 is 5.32 Å². The Hall–Kier alpha value is -4.68. The Balaban J connectivity index is 1.66. The molecule has 39 heavy (non-hydrogen) atoms. The van der Waals surface area contributed by atoms with Gasteiger partial charge in [0.25, 0.3) is 5.91 Å². The first-order valence-electron chi connectivity index (χ1n) is 11.2. The van der Waals surface area contributed by atoms with Crippen LogP contribution in [0.3, 0.4) is 0 Å². The zero-order valence-corrected chi connectivity index (χ0v) is 19.8. The minimum absolute atomic E-state index is 0.0872. The van der Waals surface area contributed by atoms with Gasteiger partial charge < -0.3 is 5.32 Å². The van der Waals surface area contributed by atoms with Crippen molar-refractivity contribution in [2.75, 3.05) is 5.32 Å². The van der Waals surface area contributed by atoms with Crippen molar-refractivity contribution in [2.24, 2.45) is 7.05 Å². The molecule has 2 heterocycles. The quantitative estimate of drug-likeness (QED) is 0.250. The van der Waals surface area contributed by atoms with Crippen molar-refractivity contribution in [1.29, 1.82) is 0 Å². The van der Waals surface area contributed by atoms with E-state index in [1.54, 1.807) is 30.3 Å². The van der Waals surface area contributed by atoms with Gasteiger partial charge in [-0.3, -0.25) is 9.48 Å². The smallest absolute Gasteiger partial charge is 0.306 e. The van der Waals surface area contributed by atoms with E-state index in [4.69, 9.17) is 0 Å². The minimum Gasteiger partial charge on any atom is -0.306 e. The van der Waals surface area contributed by atoms with Crippen molar-refractivity contribution in [3.63, 3.8) is 0 Å². The predicted octanol–water partition coefficient (Wildman–Crippen LogP) is 6.86. The Bertz CT molecular complexity index is 1700. The number of aryl methyl sites for hydroxylation is 1. The molecule has 0 aliphatic rings. The van der Waals surface area contributed by atoms with Gasteiger partial charge in [0, 0.05) is 24.2 Å². The van der Waals surface area contributed by atoms with Crippen LogP contribution in [0.5, 0.6) is 0 Å². The molecule has 0 saturated heterocycles. The van der Waals surface area contributed by atoms with Crippen molar-refractivity contribution in [3.05, 3.63) is 95.4 Å². The van der Waals surface area contributed by atoms with Crippen LogP contribution in [0.15, 0.2) is 72.9 Å². The molecule has 0 radical (unpaired) electrons. The number of nitrogens with zero attached hydrogens (tertiary/aromatic N) is 4. The second-order valence-corrected chi connectivity index (χ2v) is 8.53. The van der Waals surface area contributed by atoms with E-state index in [2.05, 4.69) is 15.5 Å². The monoisotopic (exact) mass is 547 g/mol. The highest BCUT2D eigenvalue weighted by Gasteiger charge is 2.36. The lowest BCUT2D eigenvalue weighted by atomic mass is 9.99. The molecule has 1 amide bonds. The van der Waals surface area contributed by atoms with Crippen LogP contribution >= 0.6 is 0 Å². The number of carbonyl (C=O) groups excluding carboxylic acids is 1. The van der Waals surface area contributed by atoms with E-state index in [9.17, 15) is 35.5 Å². The number of carbonyl (C=O) groups is 1. The van der Waals surface area contributed by atoms with Gasteiger partial charge in [0.15, 0.2) is 0 Å². The number of hydrogen-bond donors (Lipinski definition) is 1. The van der Waals surface area contributed by atoms with Gasteiger partial charge in [-0.05, 0) is 48.5 Å². The first kappa shape index (κ1) is 25.9. The highest BCUT2D eigenvalue weighted by molar-refractivity contribution is 6.09. The van der Waals surface area contributed by atoms with Gasteiger partial charge in [-0.1, -0.05) is 18.2 Å². The third-order valence-corrected chi connectivity index (χ3v) is 5.88. The third kappa shape index (κ3) is 4.94. The number of anilines is 1. The van der Waals surface area contributed by atoms with Crippen LogP contribution in [-0.4, -0.2) is 25.5 Å². The normalized spacial score (nSPS) is 12.2. The van der Waals surface area contributed by atoms with E-state index in [0.717, 1.165) is 22.9 Å². The summed E-state index contributed by atoms with van der Waals surface area (Å²) in [5, 5.41) is 10.4. The van der Waals surface area contributed by atoms with E-state index in [1.807, 2.05) is 0 Å². The summed E-state index contributed by atoms with van der Waals surface area (Å²) >= 11 is 0. The Morgan fingerprint density at radius 2 is 1.59 bits per heavy atom. The average Bonchev–Trinajstić information content (AvgIpc) is 3.46. The summed E-state index contributed by atoms with van der Waals surface area (Å²) in [7, 11) is 1.47. The fourth-order valence-corrected chi connectivity index (χ4v) is 4.06. The maximum absolute atomic E-state index is 15.0. The van der Waals surface area contributed by atoms with Crippen LogP contribution in [0.2, 0.25) is 0 Å². The van der Waals surface area contributed by atoms with Gasteiger partial charge >= 0.3 is 12.4 Å². The number of nitrogens with one attached hydrogen (secondary N) is 1. The molecule has 200 valence electrons. The van der Waals surface area contributed by atoms with Crippen molar-refractivity contribution in [3.8, 4) is 16.9 Å².